The number of nitrogens with zero attached hydrogens (tertiary/aromatic N) is 3. The van der Waals surface area contributed by atoms with Gasteiger partial charge in [-0.3, -0.25) is 4.79 Å². The van der Waals surface area contributed by atoms with Gasteiger partial charge in [0.15, 0.2) is 5.16 Å². The van der Waals surface area contributed by atoms with Gasteiger partial charge in [-0.05, 0) is 24.8 Å². The Morgan fingerprint density at radius 1 is 1.36 bits per heavy atom. The first kappa shape index (κ1) is 17.9. The lowest BCUT2D eigenvalue weighted by molar-refractivity contribution is -0.134. The Morgan fingerprint density at radius 3 is 2.72 bits per heavy atom. The average Bonchev–Trinajstić information content (AvgIpc) is 3.21. The van der Waals surface area contributed by atoms with E-state index in [4.69, 9.17) is 20.8 Å². The molecule has 0 aliphatic rings. The average molecular weight is 396 g/mol. The third kappa shape index (κ3) is 4.20. The second-order valence-corrected chi connectivity index (χ2v) is 7.43. The van der Waals surface area contributed by atoms with E-state index in [0.717, 1.165) is 4.88 Å². The van der Waals surface area contributed by atoms with Gasteiger partial charge in [-0.1, -0.05) is 30.3 Å². The molecule has 0 fully saturated rings. The monoisotopic (exact) mass is 395 g/mol. The maximum Gasteiger partial charge on any atom is 0.312 e. The van der Waals surface area contributed by atoms with E-state index in [9.17, 15) is 4.79 Å². The number of carbonyl (C=O) groups excluding carboxylic acids is 1. The fourth-order valence-corrected chi connectivity index (χ4v) is 3.32. The summed E-state index contributed by atoms with van der Waals surface area (Å²) in [6.07, 6.45) is 6.12. The quantitative estimate of drug-likeness (QED) is 0.332. The normalized spacial score (nSPS) is 10.8. The summed E-state index contributed by atoms with van der Waals surface area (Å²) in [5.41, 5.74) is 0.597. The van der Waals surface area contributed by atoms with Crippen LogP contribution in [0.3, 0.4) is 0 Å². The van der Waals surface area contributed by atoms with E-state index in [1.807, 2.05) is 13.2 Å². The van der Waals surface area contributed by atoms with Gasteiger partial charge in [0.1, 0.15) is 0 Å². The van der Waals surface area contributed by atoms with Crippen molar-refractivity contribution in [3.63, 3.8) is 0 Å². The van der Waals surface area contributed by atoms with Crippen molar-refractivity contribution in [1.82, 2.24) is 15.0 Å². The van der Waals surface area contributed by atoms with Crippen molar-refractivity contribution in [2.75, 3.05) is 6.26 Å². The molecule has 0 N–H and O–H groups in total. The summed E-state index contributed by atoms with van der Waals surface area (Å²) in [6, 6.07) is 3.54. The Kier molecular flexibility index (Phi) is 5.72. The highest BCUT2D eigenvalue weighted by atomic mass is 35.5. The molecule has 0 atom stereocenters. The molecule has 6 nitrogen and oxygen atoms in total. The molecule has 0 bridgehead atoms. The number of esters is 1. The number of ether oxygens (including phenoxy) is 1. The zero-order valence-corrected chi connectivity index (χ0v) is 15.9. The maximum absolute atomic E-state index is 11.9. The third-order valence-electron chi connectivity index (χ3n) is 3.12. The molecule has 0 amide bonds. The molecular weight excluding hydrogens is 382 g/mol. The Bertz CT molecular complexity index is 877. The van der Waals surface area contributed by atoms with E-state index >= 15 is 0 Å². The van der Waals surface area contributed by atoms with Crippen LogP contribution in [0.15, 0.2) is 34.1 Å². The van der Waals surface area contributed by atoms with Crippen LogP contribution in [0.1, 0.15) is 19.8 Å². The van der Waals surface area contributed by atoms with Gasteiger partial charge in [-0.15, -0.1) is 11.3 Å². The molecule has 0 unspecified atom stereocenters. The number of thiophene rings is 1. The molecule has 25 heavy (non-hydrogen) atoms. The van der Waals surface area contributed by atoms with E-state index in [-0.39, 0.29) is 17.7 Å². The SMILES string of the molecule is CCCC(=O)Oc1nc(-c2cnc(SC)nc2)oc1-c1ccc(Cl)s1. The van der Waals surface area contributed by atoms with Crippen LogP contribution in [-0.2, 0) is 4.79 Å². The van der Waals surface area contributed by atoms with E-state index in [1.165, 1.54) is 23.1 Å². The van der Waals surface area contributed by atoms with Gasteiger partial charge in [0.05, 0.1) is 14.8 Å². The number of carbonyl (C=O) groups is 1. The first-order valence-electron chi connectivity index (χ1n) is 7.44. The smallest absolute Gasteiger partial charge is 0.312 e. The molecule has 0 aromatic carbocycles. The lowest BCUT2D eigenvalue weighted by Gasteiger charge is -2.00. The number of hydrogen-bond acceptors (Lipinski definition) is 8. The van der Waals surface area contributed by atoms with Crippen molar-refractivity contribution in [3.8, 4) is 28.0 Å². The largest absolute Gasteiger partial charge is 0.431 e. The molecule has 130 valence electrons. The Hall–Kier alpha value is -1.90. The number of rotatable bonds is 6. The molecule has 0 aliphatic heterocycles. The lowest BCUT2D eigenvalue weighted by atomic mass is 10.3. The molecule has 3 heterocycles. The first-order valence-corrected chi connectivity index (χ1v) is 9.86. The molecule has 0 spiro atoms. The number of hydrogen-bond donors (Lipinski definition) is 0. The molecule has 0 saturated heterocycles. The number of thioether (sulfide) groups is 1. The molecule has 0 radical (unpaired) electrons. The van der Waals surface area contributed by atoms with E-state index in [0.29, 0.717) is 33.7 Å². The fourth-order valence-electron chi connectivity index (χ4n) is 1.99. The van der Waals surface area contributed by atoms with Crippen molar-refractivity contribution >= 4 is 40.7 Å². The van der Waals surface area contributed by atoms with Crippen LogP contribution < -0.4 is 4.74 Å². The Labute approximate surface area is 157 Å². The van der Waals surface area contributed by atoms with Crippen LogP contribution in [0.5, 0.6) is 5.88 Å². The van der Waals surface area contributed by atoms with Gasteiger partial charge >= 0.3 is 5.97 Å². The maximum atomic E-state index is 11.9. The number of aromatic nitrogens is 3. The second kappa shape index (κ2) is 7.99. The van der Waals surface area contributed by atoms with Gasteiger partial charge in [-0.2, -0.15) is 4.98 Å². The van der Waals surface area contributed by atoms with Crippen molar-refractivity contribution in [1.29, 1.82) is 0 Å². The zero-order valence-electron chi connectivity index (χ0n) is 13.5. The minimum Gasteiger partial charge on any atom is -0.431 e. The summed E-state index contributed by atoms with van der Waals surface area (Å²) >= 11 is 8.76. The van der Waals surface area contributed by atoms with Gasteiger partial charge in [-0.25, -0.2) is 9.97 Å². The lowest BCUT2D eigenvalue weighted by Crippen LogP contribution is -2.07. The molecule has 3 aromatic rings. The van der Waals surface area contributed by atoms with Gasteiger partial charge in [0, 0.05) is 18.8 Å². The van der Waals surface area contributed by atoms with Crippen LogP contribution in [0.4, 0.5) is 0 Å². The number of halogens is 1. The molecule has 0 aliphatic carbocycles. The van der Waals surface area contributed by atoms with Gasteiger partial charge < -0.3 is 9.15 Å². The second-order valence-electron chi connectivity index (χ2n) is 4.94. The molecule has 3 aromatic heterocycles. The summed E-state index contributed by atoms with van der Waals surface area (Å²) in [4.78, 5) is 25.3. The standard InChI is InChI=1S/C16H14ClN3O3S2/c1-3-4-12(21)22-15-13(10-5-6-11(17)25-10)23-14(20-15)9-7-18-16(24-2)19-8-9/h5-8H,3-4H2,1-2H3. The fraction of sp³-hybridized carbons (Fsp3) is 0.250. The van der Waals surface area contributed by atoms with Crippen molar-refractivity contribution in [3.05, 3.63) is 28.9 Å². The minimum atomic E-state index is -0.361. The molecule has 9 heteroatoms. The van der Waals surface area contributed by atoms with Crippen molar-refractivity contribution < 1.29 is 13.9 Å². The summed E-state index contributed by atoms with van der Waals surface area (Å²) < 4.78 is 11.8. The summed E-state index contributed by atoms with van der Waals surface area (Å²) in [7, 11) is 0. The summed E-state index contributed by atoms with van der Waals surface area (Å²) in [5.74, 6) is 0.415. The van der Waals surface area contributed by atoms with Gasteiger partial charge in [0.25, 0.3) is 5.88 Å². The van der Waals surface area contributed by atoms with Crippen LogP contribution in [0.25, 0.3) is 22.1 Å². The Balaban J connectivity index is 1.99. The third-order valence-corrected chi connectivity index (χ3v) is 4.92. The van der Waals surface area contributed by atoms with Crippen molar-refractivity contribution in [2.45, 2.75) is 24.9 Å². The zero-order chi connectivity index (χ0) is 17.8. The van der Waals surface area contributed by atoms with E-state index in [2.05, 4.69) is 15.0 Å². The molecule has 3 rings (SSSR count). The Morgan fingerprint density at radius 2 is 2.12 bits per heavy atom. The van der Waals surface area contributed by atoms with E-state index in [1.54, 1.807) is 24.5 Å². The summed E-state index contributed by atoms with van der Waals surface area (Å²) in [6.45, 7) is 1.90. The highest BCUT2D eigenvalue weighted by Crippen LogP contribution is 2.39. The van der Waals surface area contributed by atoms with Crippen LogP contribution in [0, 0.1) is 0 Å². The van der Waals surface area contributed by atoms with E-state index < -0.39 is 0 Å². The molecular formula is C16H14ClN3O3S2. The number of oxazole rings is 1. The molecule has 0 saturated carbocycles. The predicted octanol–water partition coefficient (Wildman–Crippen LogP) is 4.94. The first-order chi connectivity index (χ1) is 12.1. The van der Waals surface area contributed by atoms with Crippen LogP contribution in [-0.4, -0.2) is 27.2 Å². The minimum absolute atomic E-state index is 0.126. The topological polar surface area (TPSA) is 78.1 Å². The van der Waals surface area contributed by atoms with Crippen molar-refractivity contribution in [2.24, 2.45) is 0 Å². The van der Waals surface area contributed by atoms with Gasteiger partial charge in [0.2, 0.25) is 11.7 Å². The van der Waals surface area contributed by atoms with Crippen LogP contribution >= 0.6 is 34.7 Å². The predicted molar refractivity (Wildman–Crippen MR) is 98.2 cm³/mol. The van der Waals surface area contributed by atoms with Crippen LogP contribution in [0.2, 0.25) is 4.34 Å². The summed E-state index contributed by atoms with van der Waals surface area (Å²) in [5, 5.41) is 0.648. The highest BCUT2D eigenvalue weighted by molar-refractivity contribution is 7.98. The highest BCUT2D eigenvalue weighted by Gasteiger charge is 2.22.